The Labute approximate surface area is 147 Å². The molecule has 2 N–H and O–H groups in total. The molecule has 126 valence electrons. The SMILES string of the molecule is CNC(C)CNC(=O)Cn1cnc2scc(-c3cccs3)c2c1=O. The van der Waals surface area contributed by atoms with Gasteiger partial charge in [-0.05, 0) is 25.4 Å². The van der Waals surface area contributed by atoms with E-state index in [1.165, 1.54) is 22.2 Å². The number of hydrogen-bond acceptors (Lipinski definition) is 6. The van der Waals surface area contributed by atoms with Gasteiger partial charge < -0.3 is 10.6 Å². The average Bonchev–Trinajstić information content (AvgIpc) is 3.24. The molecule has 3 rings (SSSR count). The quantitative estimate of drug-likeness (QED) is 0.702. The highest BCUT2D eigenvalue weighted by atomic mass is 32.1. The van der Waals surface area contributed by atoms with E-state index in [2.05, 4.69) is 15.6 Å². The zero-order valence-corrected chi connectivity index (χ0v) is 15.0. The topological polar surface area (TPSA) is 76.0 Å². The van der Waals surface area contributed by atoms with Gasteiger partial charge in [0.15, 0.2) is 0 Å². The van der Waals surface area contributed by atoms with Crippen molar-refractivity contribution in [3.05, 3.63) is 39.6 Å². The Bertz CT molecular complexity index is 899. The highest BCUT2D eigenvalue weighted by Crippen LogP contribution is 2.33. The van der Waals surface area contributed by atoms with E-state index < -0.39 is 0 Å². The zero-order valence-electron chi connectivity index (χ0n) is 13.4. The number of nitrogens with one attached hydrogen (secondary N) is 2. The maximum atomic E-state index is 12.8. The average molecular weight is 362 g/mol. The highest BCUT2D eigenvalue weighted by Gasteiger charge is 2.15. The molecule has 1 atom stereocenters. The van der Waals surface area contributed by atoms with Gasteiger partial charge in [0.1, 0.15) is 11.4 Å². The van der Waals surface area contributed by atoms with Gasteiger partial charge in [-0.25, -0.2) is 4.98 Å². The van der Waals surface area contributed by atoms with Gasteiger partial charge in [0.2, 0.25) is 5.91 Å². The van der Waals surface area contributed by atoms with E-state index in [1.807, 2.05) is 36.9 Å². The summed E-state index contributed by atoms with van der Waals surface area (Å²) >= 11 is 3.03. The number of aromatic nitrogens is 2. The van der Waals surface area contributed by atoms with E-state index in [0.29, 0.717) is 16.8 Å². The molecular formula is C16H18N4O2S2. The maximum Gasteiger partial charge on any atom is 0.263 e. The van der Waals surface area contributed by atoms with Gasteiger partial charge in [0, 0.05) is 28.4 Å². The molecule has 0 bridgehead atoms. The second kappa shape index (κ2) is 7.25. The Balaban J connectivity index is 1.87. The number of carbonyl (C=O) groups is 1. The summed E-state index contributed by atoms with van der Waals surface area (Å²) in [6.45, 7) is 2.45. The number of amides is 1. The molecule has 0 aromatic carbocycles. The first-order valence-corrected chi connectivity index (χ1v) is 9.30. The molecule has 8 heteroatoms. The van der Waals surface area contributed by atoms with Gasteiger partial charge in [0.25, 0.3) is 5.56 Å². The summed E-state index contributed by atoms with van der Waals surface area (Å²) in [5.41, 5.74) is 0.711. The van der Waals surface area contributed by atoms with E-state index in [-0.39, 0.29) is 24.1 Å². The number of hydrogen-bond donors (Lipinski definition) is 2. The third-order valence-corrected chi connectivity index (χ3v) is 5.55. The van der Waals surface area contributed by atoms with E-state index >= 15 is 0 Å². The molecule has 0 fully saturated rings. The molecule has 0 saturated heterocycles. The molecule has 6 nitrogen and oxygen atoms in total. The van der Waals surface area contributed by atoms with E-state index in [4.69, 9.17) is 0 Å². The zero-order chi connectivity index (χ0) is 17.1. The van der Waals surface area contributed by atoms with E-state index in [9.17, 15) is 9.59 Å². The van der Waals surface area contributed by atoms with Crippen molar-refractivity contribution in [3.8, 4) is 10.4 Å². The minimum Gasteiger partial charge on any atom is -0.353 e. The van der Waals surface area contributed by atoms with Crippen LogP contribution in [0.25, 0.3) is 20.7 Å². The largest absolute Gasteiger partial charge is 0.353 e. The first-order valence-electron chi connectivity index (χ1n) is 7.54. The minimum atomic E-state index is -0.201. The van der Waals surface area contributed by atoms with Crippen LogP contribution in [-0.4, -0.2) is 35.1 Å². The predicted octanol–water partition coefficient (Wildman–Crippen LogP) is 1.91. The molecule has 1 unspecified atom stereocenters. The van der Waals surface area contributed by atoms with Crippen molar-refractivity contribution >= 4 is 38.8 Å². The first-order chi connectivity index (χ1) is 11.6. The molecule has 0 aliphatic carbocycles. The Morgan fingerprint density at radius 3 is 2.96 bits per heavy atom. The van der Waals surface area contributed by atoms with Crippen molar-refractivity contribution in [3.63, 3.8) is 0 Å². The third kappa shape index (κ3) is 3.40. The van der Waals surface area contributed by atoms with Crippen LogP contribution >= 0.6 is 22.7 Å². The minimum absolute atomic E-state index is 0.0298. The summed E-state index contributed by atoms with van der Waals surface area (Å²) in [5, 5.41) is 10.4. The molecule has 0 saturated carbocycles. The number of nitrogens with zero attached hydrogens (tertiary/aromatic N) is 2. The smallest absolute Gasteiger partial charge is 0.263 e. The Morgan fingerprint density at radius 1 is 1.42 bits per heavy atom. The molecule has 3 aromatic rings. The molecule has 24 heavy (non-hydrogen) atoms. The maximum absolute atomic E-state index is 12.8. The standard InChI is InChI=1S/C16H18N4O2S2/c1-10(17-2)6-18-13(21)7-20-9-19-15-14(16(20)22)11(8-24-15)12-4-3-5-23-12/h3-5,8-10,17H,6-7H2,1-2H3,(H,18,21). The fourth-order valence-electron chi connectivity index (χ4n) is 2.27. The molecule has 0 spiro atoms. The van der Waals surface area contributed by atoms with Crippen molar-refractivity contribution in [1.82, 2.24) is 20.2 Å². The molecule has 1 amide bonds. The molecular weight excluding hydrogens is 344 g/mol. The van der Waals surface area contributed by atoms with Crippen LogP contribution < -0.4 is 16.2 Å². The molecule has 3 aromatic heterocycles. The second-order valence-electron chi connectivity index (χ2n) is 5.48. The lowest BCUT2D eigenvalue weighted by Gasteiger charge is -2.12. The van der Waals surface area contributed by atoms with Gasteiger partial charge >= 0.3 is 0 Å². The lowest BCUT2D eigenvalue weighted by Crippen LogP contribution is -2.39. The molecule has 3 heterocycles. The predicted molar refractivity (Wildman–Crippen MR) is 98.7 cm³/mol. The lowest BCUT2D eigenvalue weighted by molar-refractivity contribution is -0.121. The van der Waals surface area contributed by atoms with Crippen LogP contribution in [0.2, 0.25) is 0 Å². The van der Waals surface area contributed by atoms with Gasteiger partial charge in [-0.15, -0.1) is 22.7 Å². The number of carbonyl (C=O) groups excluding carboxylic acids is 1. The lowest BCUT2D eigenvalue weighted by atomic mass is 10.2. The van der Waals surface area contributed by atoms with Gasteiger partial charge in [-0.2, -0.15) is 0 Å². The number of thiophene rings is 2. The van der Waals surface area contributed by atoms with Crippen LogP contribution in [0.4, 0.5) is 0 Å². The van der Waals surface area contributed by atoms with Crippen molar-refractivity contribution in [2.75, 3.05) is 13.6 Å². The fraction of sp³-hybridized carbons (Fsp3) is 0.312. The summed E-state index contributed by atoms with van der Waals surface area (Å²) in [6.07, 6.45) is 1.44. The van der Waals surface area contributed by atoms with Crippen molar-refractivity contribution in [2.45, 2.75) is 19.5 Å². The normalized spacial score (nSPS) is 12.4. The number of rotatable bonds is 6. The van der Waals surface area contributed by atoms with Gasteiger partial charge in [0.05, 0.1) is 11.7 Å². The van der Waals surface area contributed by atoms with Crippen LogP contribution in [0.3, 0.4) is 0 Å². The van der Waals surface area contributed by atoms with Crippen molar-refractivity contribution < 1.29 is 4.79 Å². The van der Waals surface area contributed by atoms with Crippen LogP contribution in [0, 0.1) is 0 Å². The number of fused-ring (bicyclic) bond motifs is 1. The monoisotopic (exact) mass is 362 g/mol. The van der Waals surface area contributed by atoms with Crippen LogP contribution in [-0.2, 0) is 11.3 Å². The van der Waals surface area contributed by atoms with E-state index in [1.54, 1.807) is 11.3 Å². The van der Waals surface area contributed by atoms with Crippen LogP contribution in [0.1, 0.15) is 6.92 Å². The van der Waals surface area contributed by atoms with E-state index in [0.717, 1.165) is 10.4 Å². The Morgan fingerprint density at radius 2 is 2.25 bits per heavy atom. The van der Waals surface area contributed by atoms with Crippen molar-refractivity contribution in [1.29, 1.82) is 0 Å². The molecule has 0 radical (unpaired) electrons. The summed E-state index contributed by atoms with van der Waals surface area (Å²) in [6, 6.07) is 4.11. The summed E-state index contributed by atoms with van der Waals surface area (Å²) < 4.78 is 1.37. The Hall–Kier alpha value is -2.03. The highest BCUT2D eigenvalue weighted by molar-refractivity contribution is 7.18. The second-order valence-corrected chi connectivity index (χ2v) is 7.28. The number of likely N-dealkylation sites (N-methyl/N-ethyl adjacent to an activating group) is 1. The van der Waals surface area contributed by atoms with Gasteiger partial charge in [-0.3, -0.25) is 14.2 Å². The summed E-state index contributed by atoms with van der Waals surface area (Å²) in [5.74, 6) is -0.201. The van der Waals surface area contributed by atoms with Gasteiger partial charge in [-0.1, -0.05) is 6.07 Å². The molecule has 0 aliphatic heterocycles. The summed E-state index contributed by atoms with van der Waals surface area (Å²) in [4.78, 5) is 30.9. The summed E-state index contributed by atoms with van der Waals surface area (Å²) in [7, 11) is 1.84. The fourth-order valence-corrected chi connectivity index (χ4v) is 3.99. The van der Waals surface area contributed by atoms with Crippen molar-refractivity contribution in [2.24, 2.45) is 0 Å². The third-order valence-electron chi connectivity index (χ3n) is 3.76. The Kier molecular flexibility index (Phi) is 5.08. The molecule has 0 aliphatic rings. The first kappa shape index (κ1) is 16.8. The van der Waals surface area contributed by atoms with Crippen LogP contribution in [0.15, 0.2) is 34.0 Å². The van der Waals surface area contributed by atoms with Crippen LogP contribution in [0.5, 0.6) is 0 Å².